The Bertz CT molecular complexity index is 754. The SMILES string of the molecule is COc1ccc(CCNC(=O)[C@H](C)[NH+]2CCN(c3ccc(O)cc3)CC2)cc1. The Kier molecular flexibility index (Phi) is 6.76. The largest absolute Gasteiger partial charge is 0.508 e. The molecule has 0 aromatic heterocycles. The number of aromatic hydroxyl groups is 1. The van der Waals surface area contributed by atoms with E-state index in [-0.39, 0.29) is 17.7 Å². The van der Waals surface area contributed by atoms with E-state index < -0.39 is 0 Å². The predicted octanol–water partition coefficient (Wildman–Crippen LogP) is 0.853. The van der Waals surface area contributed by atoms with Crippen molar-refractivity contribution in [1.82, 2.24) is 5.32 Å². The minimum atomic E-state index is -0.0576. The molecule has 1 aliphatic heterocycles. The first-order chi connectivity index (χ1) is 13.6. The fourth-order valence-electron chi connectivity index (χ4n) is 3.61. The molecule has 0 unspecified atom stereocenters. The predicted molar refractivity (Wildman–Crippen MR) is 110 cm³/mol. The molecule has 6 nitrogen and oxygen atoms in total. The average molecular weight is 385 g/mol. The lowest BCUT2D eigenvalue weighted by molar-refractivity contribution is -0.914. The van der Waals surface area contributed by atoms with E-state index in [9.17, 15) is 9.90 Å². The Hall–Kier alpha value is -2.73. The molecule has 0 bridgehead atoms. The summed E-state index contributed by atoms with van der Waals surface area (Å²) in [5, 5.41) is 12.5. The quantitative estimate of drug-likeness (QED) is 0.662. The highest BCUT2D eigenvalue weighted by atomic mass is 16.5. The minimum absolute atomic E-state index is 0.0576. The fraction of sp³-hybridized carbons (Fsp3) is 0.409. The van der Waals surface area contributed by atoms with Gasteiger partial charge in [-0.2, -0.15) is 0 Å². The van der Waals surface area contributed by atoms with Gasteiger partial charge in [-0.1, -0.05) is 12.1 Å². The summed E-state index contributed by atoms with van der Waals surface area (Å²) in [5.74, 6) is 1.24. The van der Waals surface area contributed by atoms with Gasteiger partial charge in [0.25, 0.3) is 5.91 Å². The molecule has 150 valence electrons. The van der Waals surface area contributed by atoms with Gasteiger partial charge in [0.2, 0.25) is 0 Å². The summed E-state index contributed by atoms with van der Waals surface area (Å²) in [6.45, 7) is 6.31. The topological polar surface area (TPSA) is 66.2 Å². The van der Waals surface area contributed by atoms with Crippen LogP contribution in [0.3, 0.4) is 0 Å². The number of hydrogen-bond acceptors (Lipinski definition) is 4. The first-order valence-corrected chi connectivity index (χ1v) is 9.86. The van der Waals surface area contributed by atoms with E-state index in [2.05, 4.69) is 10.2 Å². The molecule has 0 aliphatic carbocycles. The monoisotopic (exact) mass is 384 g/mol. The summed E-state index contributed by atoms with van der Waals surface area (Å²) in [7, 11) is 1.66. The maximum absolute atomic E-state index is 12.5. The van der Waals surface area contributed by atoms with E-state index in [1.165, 1.54) is 10.5 Å². The van der Waals surface area contributed by atoms with Crippen LogP contribution in [0.2, 0.25) is 0 Å². The highest BCUT2D eigenvalue weighted by molar-refractivity contribution is 5.79. The zero-order chi connectivity index (χ0) is 19.9. The molecule has 6 heteroatoms. The molecular weight excluding hydrogens is 354 g/mol. The molecule has 3 rings (SSSR count). The standard InChI is InChI=1S/C22H29N3O3/c1-17(22(27)23-12-11-18-3-9-21(28-2)10-4-18)24-13-15-25(16-14-24)19-5-7-20(26)8-6-19/h3-10,17,26H,11-16H2,1-2H3,(H,23,27)/p+1/t17-/m0/s1. The molecule has 2 aromatic rings. The summed E-state index contributed by atoms with van der Waals surface area (Å²) < 4.78 is 5.16. The van der Waals surface area contributed by atoms with Gasteiger partial charge in [0.05, 0.1) is 33.3 Å². The second-order valence-corrected chi connectivity index (χ2v) is 7.27. The van der Waals surface area contributed by atoms with E-state index in [0.29, 0.717) is 6.54 Å². The average Bonchev–Trinajstić information content (AvgIpc) is 2.74. The van der Waals surface area contributed by atoms with Crippen LogP contribution >= 0.6 is 0 Å². The number of quaternary nitrogens is 1. The second kappa shape index (κ2) is 9.46. The van der Waals surface area contributed by atoms with Crippen LogP contribution in [-0.4, -0.2) is 56.9 Å². The first kappa shape index (κ1) is 20.0. The van der Waals surface area contributed by atoms with Gasteiger partial charge in [0.1, 0.15) is 11.5 Å². The number of phenols is 1. The van der Waals surface area contributed by atoms with Crippen molar-refractivity contribution in [2.75, 3.05) is 44.7 Å². The van der Waals surface area contributed by atoms with Crippen molar-refractivity contribution >= 4 is 11.6 Å². The third-order valence-electron chi connectivity index (χ3n) is 5.50. The van der Waals surface area contributed by atoms with Gasteiger partial charge in [-0.25, -0.2) is 0 Å². The molecule has 3 N–H and O–H groups in total. The molecule has 1 amide bonds. The number of nitrogens with zero attached hydrogens (tertiary/aromatic N) is 1. The van der Waals surface area contributed by atoms with Crippen LogP contribution in [0, 0.1) is 0 Å². The maximum Gasteiger partial charge on any atom is 0.278 e. The number of anilines is 1. The molecule has 0 radical (unpaired) electrons. The van der Waals surface area contributed by atoms with E-state index in [1.54, 1.807) is 19.2 Å². The third-order valence-corrected chi connectivity index (χ3v) is 5.50. The number of piperazine rings is 1. The summed E-state index contributed by atoms with van der Waals surface area (Å²) in [4.78, 5) is 16.1. The van der Waals surface area contributed by atoms with Gasteiger partial charge in [-0.3, -0.25) is 4.79 Å². The van der Waals surface area contributed by atoms with E-state index in [4.69, 9.17) is 4.74 Å². The number of amides is 1. The highest BCUT2D eigenvalue weighted by Gasteiger charge is 2.29. The van der Waals surface area contributed by atoms with Crippen molar-refractivity contribution in [1.29, 1.82) is 0 Å². The van der Waals surface area contributed by atoms with Crippen molar-refractivity contribution in [3.63, 3.8) is 0 Å². The number of carbonyl (C=O) groups excluding carboxylic acids is 1. The van der Waals surface area contributed by atoms with Crippen molar-refractivity contribution in [3.05, 3.63) is 54.1 Å². The summed E-state index contributed by atoms with van der Waals surface area (Å²) in [6.07, 6.45) is 0.812. The first-order valence-electron chi connectivity index (χ1n) is 9.86. The normalized spacial score (nSPS) is 15.9. The number of benzene rings is 2. The smallest absolute Gasteiger partial charge is 0.278 e. The Morgan fingerprint density at radius 3 is 2.39 bits per heavy atom. The van der Waals surface area contributed by atoms with Gasteiger partial charge in [0.15, 0.2) is 6.04 Å². The van der Waals surface area contributed by atoms with E-state index >= 15 is 0 Å². The number of rotatable bonds is 7. The van der Waals surface area contributed by atoms with Crippen LogP contribution in [-0.2, 0) is 11.2 Å². The molecule has 1 heterocycles. The van der Waals surface area contributed by atoms with Crippen LogP contribution in [0.1, 0.15) is 12.5 Å². The second-order valence-electron chi connectivity index (χ2n) is 7.27. The van der Waals surface area contributed by atoms with E-state index in [0.717, 1.165) is 44.0 Å². The number of methoxy groups -OCH3 is 1. The molecule has 1 fully saturated rings. The van der Waals surface area contributed by atoms with Crippen molar-refractivity contribution in [3.8, 4) is 11.5 Å². The molecule has 0 saturated carbocycles. The number of phenolic OH excluding ortho intramolecular Hbond substituents is 1. The summed E-state index contributed by atoms with van der Waals surface area (Å²) >= 11 is 0. The fourth-order valence-corrected chi connectivity index (χ4v) is 3.61. The molecule has 2 aromatic carbocycles. The van der Waals surface area contributed by atoms with E-state index in [1.807, 2.05) is 43.3 Å². The number of carbonyl (C=O) groups is 1. The molecule has 28 heavy (non-hydrogen) atoms. The van der Waals surface area contributed by atoms with Crippen molar-refractivity contribution < 1.29 is 19.5 Å². The Morgan fingerprint density at radius 2 is 1.79 bits per heavy atom. The van der Waals surface area contributed by atoms with Crippen molar-refractivity contribution in [2.24, 2.45) is 0 Å². The van der Waals surface area contributed by atoms with Gasteiger partial charge in [-0.15, -0.1) is 0 Å². The van der Waals surface area contributed by atoms with Gasteiger partial charge in [0, 0.05) is 12.2 Å². The zero-order valence-corrected chi connectivity index (χ0v) is 16.6. The third kappa shape index (κ3) is 5.16. The maximum atomic E-state index is 12.5. The van der Waals surface area contributed by atoms with Crippen LogP contribution in [0.15, 0.2) is 48.5 Å². The van der Waals surface area contributed by atoms with Crippen LogP contribution in [0.5, 0.6) is 11.5 Å². The summed E-state index contributed by atoms with van der Waals surface area (Å²) in [6, 6.07) is 15.2. The zero-order valence-electron chi connectivity index (χ0n) is 16.6. The Labute approximate surface area is 166 Å². The lowest BCUT2D eigenvalue weighted by Crippen LogP contribution is -3.19. The molecule has 0 spiro atoms. The van der Waals surface area contributed by atoms with Gasteiger partial charge >= 0.3 is 0 Å². The van der Waals surface area contributed by atoms with Crippen LogP contribution < -0.4 is 19.9 Å². The molecule has 1 atom stereocenters. The highest BCUT2D eigenvalue weighted by Crippen LogP contribution is 2.18. The Balaban J connectivity index is 1.41. The van der Waals surface area contributed by atoms with Gasteiger partial charge < -0.3 is 25.0 Å². The lowest BCUT2D eigenvalue weighted by Gasteiger charge is -2.36. The van der Waals surface area contributed by atoms with Crippen molar-refractivity contribution in [2.45, 2.75) is 19.4 Å². The molecule has 1 saturated heterocycles. The number of ether oxygens (including phenoxy) is 1. The minimum Gasteiger partial charge on any atom is -0.508 e. The van der Waals surface area contributed by atoms with Crippen LogP contribution in [0.4, 0.5) is 5.69 Å². The number of hydrogen-bond donors (Lipinski definition) is 3. The lowest BCUT2D eigenvalue weighted by atomic mass is 10.1. The van der Waals surface area contributed by atoms with Gasteiger partial charge in [-0.05, 0) is 55.3 Å². The van der Waals surface area contributed by atoms with Crippen LogP contribution in [0.25, 0.3) is 0 Å². The number of nitrogens with one attached hydrogen (secondary N) is 2. The molecular formula is C22H30N3O3+. The summed E-state index contributed by atoms with van der Waals surface area (Å²) in [5.41, 5.74) is 2.30. The Morgan fingerprint density at radius 1 is 1.14 bits per heavy atom. The molecule has 1 aliphatic rings.